The number of ether oxygens (including phenoxy) is 4. The van der Waals surface area contributed by atoms with Crippen molar-refractivity contribution in [2.45, 2.75) is 288 Å². The van der Waals surface area contributed by atoms with Gasteiger partial charge in [-0.2, -0.15) is 8.42 Å². The van der Waals surface area contributed by atoms with E-state index in [-0.39, 0.29) is 19.6 Å². The Kier molecular flexibility index (Phi) is 41.9. The Labute approximate surface area is 398 Å². The van der Waals surface area contributed by atoms with Crippen LogP contribution >= 0.6 is 0 Å². The van der Waals surface area contributed by atoms with Crippen molar-refractivity contribution in [2.75, 3.05) is 26.4 Å². The highest BCUT2D eigenvalue weighted by molar-refractivity contribution is 7.80. The van der Waals surface area contributed by atoms with Crippen LogP contribution in [0.4, 0.5) is 0 Å². The van der Waals surface area contributed by atoms with Gasteiger partial charge < -0.3 is 34.3 Å². The monoisotopic (exact) mass is 949 g/mol. The lowest BCUT2D eigenvalue weighted by Gasteiger charge is -2.41. The molecule has 65 heavy (non-hydrogen) atoms. The number of carbonyl (C=O) groups excluding carboxylic acids is 1. The maximum atomic E-state index is 12.9. The van der Waals surface area contributed by atoms with Gasteiger partial charge in [0.15, 0.2) is 6.29 Å². The van der Waals surface area contributed by atoms with E-state index >= 15 is 0 Å². The van der Waals surface area contributed by atoms with Crippen LogP contribution in [0, 0.1) is 0 Å². The van der Waals surface area contributed by atoms with E-state index in [1.807, 2.05) is 0 Å². The van der Waals surface area contributed by atoms with Crippen LogP contribution in [-0.4, -0.2) is 97.5 Å². The summed E-state index contributed by atoms with van der Waals surface area (Å²) in [7, 11) is -5.06. The number of aliphatic hydroxyl groups excluding tert-OH is 3. The average molecular weight is 949 g/mol. The molecule has 0 aromatic rings. The molecule has 0 aliphatic carbocycles. The molecule has 0 aromatic carbocycles. The molecule has 1 fully saturated rings. The Balaban J connectivity index is 2.33. The molecule has 1 aliphatic rings. The highest BCUT2D eigenvalue weighted by atomic mass is 32.3. The third-order valence-electron chi connectivity index (χ3n) is 12.6. The molecule has 6 atom stereocenters. The molecule has 1 heterocycles. The van der Waals surface area contributed by atoms with Crippen LogP contribution in [0.15, 0.2) is 12.2 Å². The van der Waals surface area contributed by atoms with Crippen molar-refractivity contribution in [3.8, 4) is 0 Å². The van der Waals surface area contributed by atoms with E-state index in [1.54, 1.807) is 0 Å². The quantitative estimate of drug-likeness (QED) is 0.0197. The number of rotatable bonds is 48. The van der Waals surface area contributed by atoms with Crippen molar-refractivity contribution in [1.29, 1.82) is 0 Å². The van der Waals surface area contributed by atoms with E-state index in [1.165, 1.54) is 186 Å². The number of allylic oxidation sites excluding steroid dienone is 2. The molecule has 6 unspecified atom stereocenters. The van der Waals surface area contributed by atoms with Crippen molar-refractivity contribution in [2.24, 2.45) is 0 Å². The Bertz CT molecular complexity index is 1190. The van der Waals surface area contributed by atoms with Crippen molar-refractivity contribution in [3.63, 3.8) is 0 Å². The first kappa shape index (κ1) is 61.9. The number of hydrogen-bond donors (Lipinski definition) is 4. The minimum absolute atomic E-state index is 0.0399. The fourth-order valence-electron chi connectivity index (χ4n) is 8.55. The van der Waals surface area contributed by atoms with Crippen molar-refractivity contribution in [3.05, 3.63) is 12.2 Å². The second-order valence-electron chi connectivity index (χ2n) is 18.8. The van der Waals surface area contributed by atoms with Gasteiger partial charge in [0.2, 0.25) is 0 Å². The summed E-state index contributed by atoms with van der Waals surface area (Å²) < 4.78 is 59.3. The molecule has 12 nitrogen and oxygen atoms in total. The highest BCUT2D eigenvalue weighted by Crippen LogP contribution is 2.26. The van der Waals surface area contributed by atoms with Gasteiger partial charge in [-0.15, -0.1) is 0 Å². The normalized spacial score (nSPS) is 19.6. The second-order valence-corrected chi connectivity index (χ2v) is 19.9. The largest absolute Gasteiger partial charge is 0.457 e. The van der Waals surface area contributed by atoms with E-state index in [9.17, 15) is 33.1 Å². The zero-order chi connectivity index (χ0) is 47.5. The van der Waals surface area contributed by atoms with Gasteiger partial charge in [0.1, 0.15) is 30.5 Å². The molecular formula is C52H100O12S. The van der Waals surface area contributed by atoms with Crippen molar-refractivity contribution < 1.29 is 56.2 Å². The lowest BCUT2D eigenvalue weighted by molar-refractivity contribution is -0.301. The van der Waals surface area contributed by atoms with E-state index < -0.39 is 59.8 Å². The molecule has 386 valence electrons. The van der Waals surface area contributed by atoms with Crippen LogP contribution < -0.4 is 0 Å². The van der Waals surface area contributed by atoms with Gasteiger partial charge in [0, 0.05) is 13.0 Å². The van der Waals surface area contributed by atoms with Gasteiger partial charge >= 0.3 is 16.4 Å². The highest BCUT2D eigenvalue weighted by Gasteiger charge is 2.48. The molecule has 0 saturated carbocycles. The van der Waals surface area contributed by atoms with E-state index in [2.05, 4.69) is 30.2 Å². The Morgan fingerprint density at radius 2 is 0.969 bits per heavy atom. The molecule has 1 aliphatic heterocycles. The van der Waals surface area contributed by atoms with Gasteiger partial charge in [-0.25, -0.2) is 4.18 Å². The van der Waals surface area contributed by atoms with Gasteiger partial charge in [-0.3, -0.25) is 9.35 Å². The fraction of sp³-hybridized carbons (Fsp3) is 0.942. The molecular weight excluding hydrogens is 849 g/mol. The molecule has 0 aromatic heterocycles. The summed E-state index contributed by atoms with van der Waals surface area (Å²) in [6.45, 7) is 4.04. The SMILES string of the molecule is CCCCCCCCC/C=C\CCCCCCCCCCOCC(COC1OC(CO)C(O)C(OS(=O)(=O)O)C1O)OC(=O)CCCCCCCCCCCCCCCCCCCCC. The van der Waals surface area contributed by atoms with Gasteiger partial charge in [0.25, 0.3) is 0 Å². The summed E-state index contributed by atoms with van der Waals surface area (Å²) in [5.74, 6) is -0.393. The summed E-state index contributed by atoms with van der Waals surface area (Å²) in [5.41, 5.74) is 0. The lowest BCUT2D eigenvalue weighted by atomic mass is 9.99. The van der Waals surface area contributed by atoms with Crippen LogP contribution in [0.3, 0.4) is 0 Å². The molecule has 0 radical (unpaired) electrons. The summed E-state index contributed by atoms with van der Waals surface area (Å²) in [6, 6.07) is 0. The minimum atomic E-state index is -5.06. The zero-order valence-electron chi connectivity index (χ0n) is 41.6. The summed E-state index contributed by atoms with van der Waals surface area (Å²) in [6.07, 6.45) is 41.0. The van der Waals surface area contributed by atoms with Crippen molar-refractivity contribution in [1.82, 2.24) is 0 Å². The van der Waals surface area contributed by atoms with Crippen LogP contribution in [-0.2, 0) is 38.3 Å². The second kappa shape index (κ2) is 44.1. The van der Waals surface area contributed by atoms with Crippen LogP contribution in [0.25, 0.3) is 0 Å². The van der Waals surface area contributed by atoms with Gasteiger partial charge in [0.05, 0.1) is 19.8 Å². The predicted octanol–water partition coefficient (Wildman–Crippen LogP) is 12.6. The molecule has 13 heteroatoms. The smallest absolute Gasteiger partial charge is 0.397 e. The Morgan fingerprint density at radius 1 is 0.569 bits per heavy atom. The number of aliphatic hydroxyl groups is 3. The number of esters is 1. The van der Waals surface area contributed by atoms with Crippen LogP contribution in [0.2, 0.25) is 0 Å². The Morgan fingerprint density at radius 3 is 1.38 bits per heavy atom. The first-order valence-corrected chi connectivity index (χ1v) is 28.3. The van der Waals surface area contributed by atoms with E-state index in [0.29, 0.717) is 13.0 Å². The van der Waals surface area contributed by atoms with Crippen LogP contribution in [0.1, 0.15) is 251 Å². The van der Waals surface area contributed by atoms with E-state index in [4.69, 9.17) is 18.9 Å². The number of carbonyl (C=O) groups is 1. The van der Waals surface area contributed by atoms with Gasteiger partial charge in [-0.05, 0) is 38.5 Å². The molecule has 4 N–H and O–H groups in total. The third kappa shape index (κ3) is 37.4. The summed E-state index contributed by atoms with van der Waals surface area (Å²) in [5, 5.41) is 30.8. The van der Waals surface area contributed by atoms with E-state index in [0.717, 1.165) is 38.5 Å². The molecule has 0 bridgehead atoms. The van der Waals surface area contributed by atoms with Crippen LogP contribution in [0.5, 0.6) is 0 Å². The van der Waals surface area contributed by atoms with Crippen molar-refractivity contribution >= 4 is 16.4 Å². The lowest BCUT2D eigenvalue weighted by Crippen LogP contribution is -2.60. The summed E-state index contributed by atoms with van der Waals surface area (Å²) in [4.78, 5) is 12.9. The molecule has 0 spiro atoms. The predicted molar refractivity (Wildman–Crippen MR) is 262 cm³/mol. The molecule has 1 rings (SSSR count). The third-order valence-corrected chi connectivity index (χ3v) is 13.1. The minimum Gasteiger partial charge on any atom is -0.457 e. The maximum Gasteiger partial charge on any atom is 0.397 e. The molecule has 0 amide bonds. The average Bonchev–Trinajstić information content (AvgIpc) is 3.28. The summed E-state index contributed by atoms with van der Waals surface area (Å²) >= 11 is 0. The fourth-order valence-corrected chi connectivity index (χ4v) is 9.06. The Hall–Kier alpha value is -1.16. The maximum absolute atomic E-state index is 12.9. The molecule has 1 saturated heterocycles. The topological polar surface area (TPSA) is 178 Å². The first-order valence-electron chi connectivity index (χ1n) is 26.9. The number of hydrogen-bond acceptors (Lipinski definition) is 11. The number of unbranched alkanes of at least 4 members (excludes halogenated alkanes) is 33. The van der Waals surface area contributed by atoms with Gasteiger partial charge in [-0.1, -0.05) is 219 Å². The first-order chi connectivity index (χ1) is 31.6. The zero-order valence-corrected chi connectivity index (χ0v) is 42.4. The standard InChI is InChI=1S/C52H100O12S/c1-3-5-7-9-11-13-15-17-19-21-23-25-27-29-31-33-35-37-39-41-48(54)62-46(45-61-52-50(56)51(64-65(57,58)59)49(55)47(43-53)63-52)44-60-42-40-38-36-34-32-30-28-26-24-22-20-18-16-14-12-10-8-6-4-2/h20,22,46-47,49-53,55-56H,3-19,21,23-45H2,1-2H3,(H,57,58,59)/b22-20-.